The third-order valence-electron chi connectivity index (χ3n) is 1.94. The zero-order valence-corrected chi connectivity index (χ0v) is 12.7. The summed E-state index contributed by atoms with van der Waals surface area (Å²) in [5.41, 5.74) is 0.0710. The first-order valence-electron chi connectivity index (χ1n) is 5.79. The van der Waals surface area contributed by atoms with E-state index in [0.29, 0.717) is 5.69 Å². The van der Waals surface area contributed by atoms with E-state index in [1.807, 2.05) is 18.2 Å². The molecule has 0 atom stereocenters. The van der Waals surface area contributed by atoms with Gasteiger partial charge in [0.2, 0.25) is 5.91 Å². The molecule has 0 fully saturated rings. The summed E-state index contributed by atoms with van der Waals surface area (Å²) in [6.45, 7) is 5.13. The molecule has 0 aliphatic carbocycles. The third kappa shape index (κ3) is 6.24. The molecule has 0 aromatic heterocycles. The number of amides is 2. The summed E-state index contributed by atoms with van der Waals surface area (Å²) in [5, 5.41) is 5.06. The van der Waals surface area contributed by atoms with E-state index in [1.54, 1.807) is 26.8 Å². The van der Waals surface area contributed by atoms with E-state index >= 15 is 0 Å². The van der Waals surface area contributed by atoms with Crippen LogP contribution in [0.25, 0.3) is 0 Å². The van der Waals surface area contributed by atoms with Crippen LogP contribution in [0.4, 0.5) is 10.5 Å². The molecule has 1 rings (SSSR count). The zero-order valence-electron chi connectivity index (χ0n) is 11.1. The van der Waals surface area contributed by atoms with E-state index in [2.05, 4.69) is 26.6 Å². The Labute approximate surface area is 120 Å². The molecule has 1 aromatic rings. The highest BCUT2D eigenvalue weighted by molar-refractivity contribution is 9.10. The van der Waals surface area contributed by atoms with E-state index in [-0.39, 0.29) is 12.5 Å². The van der Waals surface area contributed by atoms with Gasteiger partial charge in [-0.2, -0.15) is 0 Å². The highest BCUT2D eigenvalue weighted by Crippen LogP contribution is 2.20. The first kappa shape index (κ1) is 15.5. The standard InChI is InChI=1S/C13H17BrN2O3/c1-13(2,3)19-12(18)15-8-11(17)16-10-7-5-4-6-9(10)14/h4-7H,8H2,1-3H3,(H,15,18)(H,16,17). The third-order valence-corrected chi connectivity index (χ3v) is 2.63. The molecule has 0 radical (unpaired) electrons. The average Bonchev–Trinajstić information content (AvgIpc) is 2.27. The van der Waals surface area contributed by atoms with Gasteiger partial charge in [0.05, 0.1) is 5.69 Å². The van der Waals surface area contributed by atoms with Crippen molar-refractivity contribution in [1.29, 1.82) is 0 Å². The molecule has 2 amide bonds. The van der Waals surface area contributed by atoms with Gasteiger partial charge in [0.1, 0.15) is 12.1 Å². The lowest BCUT2D eigenvalue weighted by Crippen LogP contribution is -2.37. The monoisotopic (exact) mass is 328 g/mol. The minimum atomic E-state index is -0.616. The van der Waals surface area contributed by atoms with E-state index in [1.165, 1.54) is 0 Å². The highest BCUT2D eigenvalue weighted by atomic mass is 79.9. The molecule has 0 saturated carbocycles. The molecule has 19 heavy (non-hydrogen) atoms. The Balaban J connectivity index is 2.41. The van der Waals surface area contributed by atoms with Crippen molar-refractivity contribution in [1.82, 2.24) is 5.32 Å². The number of rotatable bonds is 3. The molecule has 1 aromatic carbocycles. The van der Waals surface area contributed by atoms with Crippen LogP contribution in [0, 0.1) is 0 Å². The Morgan fingerprint density at radius 3 is 2.47 bits per heavy atom. The van der Waals surface area contributed by atoms with Crippen LogP contribution >= 0.6 is 15.9 Å². The van der Waals surface area contributed by atoms with Gasteiger partial charge in [0.15, 0.2) is 0 Å². The molecule has 0 aliphatic rings. The first-order chi connectivity index (χ1) is 8.78. The lowest BCUT2D eigenvalue weighted by atomic mass is 10.2. The van der Waals surface area contributed by atoms with Crippen LogP contribution in [0.15, 0.2) is 28.7 Å². The number of carbonyl (C=O) groups excluding carboxylic acids is 2. The zero-order chi connectivity index (χ0) is 14.5. The number of anilines is 1. The van der Waals surface area contributed by atoms with Crippen LogP contribution in [0.3, 0.4) is 0 Å². The van der Waals surface area contributed by atoms with E-state index in [9.17, 15) is 9.59 Å². The minimum Gasteiger partial charge on any atom is -0.444 e. The number of alkyl carbamates (subject to hydrolysis) is 1. The highest BCUT2D eigenvalue weighted by Gasteiger charge is 2.16. The van der Waals surface area contributed by atoms with Crippen molar-refractivity contribution >= 4 is 33.6 Å². The summed E-state index contributed by atoms with van der Waals surface area (Å²) >= 11 is 3.32. The van der Waals surface area contributed by atoms with Crippen LogP contribution < -0.4 is 10.6 Å². The molecule has 2 N–H and O–H groups in total. The molecule has 0 bridgehead atoms. The fourth-order valence-corrected chi connectivity index (χ4v) is 1.61. The maximum Gasteiger partial charge on any atom is 0.408 e. The van der Waals surface area contributed by atoms with Crippen molar-refractivity contribution in [2.45, 2.75) is 26.4 Å². The van der Waals surface area contributed by atoms with Crippen molar-refractivity contribution in [3.05, 3.63) is 28.7 Å². The molecular weight excluding hydrogens is 312 g/mol. The lowest BCUT2D eigenvalue weighted by Gasteiger charge is -2.19. The van der Waals surface area contributed by atoms with Crippen LogP contribution in [0.2, 0.25) is 0 Å². The van der Waals surface area contributed by atoms with Gasteiger partial charge in [-0.05, 0) is 48.8 Å². The number of hydrogen-bond donors (Lipinski definition) is 2. The van der Waals surface area contributed by atoms with E-state index < -0.39 is 11.7 Å². The average molecular weight is 329 g/mol. The van der Waals surface area contributed by atoms with Gasteiger partial charge < -0.3 is 15.4 Å². The molecule has 104 valence electrons. The smallest absolute Gasteiger partial charge is 0.408 e. The molecular formula is C13H17BrN2O3. The van der Waals surface area contributed by atoms with Crippen LogP contribution in [0.5, 0.6) is 0 Å². The largest absolute Gasteiger partial charge is 0.444 e. The van der Waals surface area contributed by atoms with Gasteiger partial charge in [0.25, 0.3) is 0 Å². The number of para-hydroxylation sites is 1. The fourth-order valence-electron chi connectivity index (χ4n) is 1.22. The van der Waals surface area contributed by atoms with Crippen molar-refractivity contribution in [3.8, 4) is 0 Å². The molecule has 0 heterocycles. The first-order valence-corrected chi connectivity index (χ1v) is 6.58. The summed E-state index contributed by atoms with van der Waals surface area (Å²) in [6.07, 6.45) is -0.616. The van der Waals surface area contributed by atoms with Crippen molar-refractivity contribution < 1.29 is 14.3 Å². The Hall–Kier alpha value is -1.56. The quantitative estimate of drug-likeness (QED) is 0.896. The Bertz CT molecular complexity index is 469. The van der Waals surface area contributed by atoms with Crippen LogP contribution in [0.1, 0.15) is 20.8 Å². The second kappa shape index (κ2) is 6.56. The number of halogens is 1. The van der Waals surface area contributed by atoms with Gasteiger partial charge in [-0.3, -0.25) is 4.79 Å². The fraction of sp³-hybridized carbons (Fsp3) is 0.385. The Kier molecular flexibility index (Phi) is 5.35. The molecule has 0 unspecified atom stereocenters. The Morgan fingerprint density at radius 1 is 1.26 bits per heavy atom. The minimum absolute atomic E-state index is 0.143. The normalized spacial score (nSPS) is 10.7. The van der Waals surface area contributed by atoms with Gasteiger partial charge >= 0.3 is 6.09 Å². The summed E-state index contributed by atoms with van der Waals surface area (Å²) in [5.74, 6) is -0.322. The van der Waals surface area contributed by atoms with Gasteiger partial charge in [-0.1, -0.05) is 12.1 Å². The van der Waals surface area contributed by atoms with E-state index in [0.717, 1.165) is 4.47 Å². The van der Waals surface area contributed by atoms with E-state index in [4.69, 9.17) is 4.74 Å². The predicted molar refractivity (Wildman–Crippen MR) is 77.0 cm³/mol. The number of hydrogen-bond acceptors (Lipinski definition) is 3. The van der Waals surface area contributed by atoms with Crippen LogP contribution in [-0.2, 0) is 9.53 Å². The van der Waals surface area contributed by atoms with Gasteiger partial charge in [-0.15, -0.1) is 0 Å². The summed E-state index contributed by atoms with van der Waals surface area (Å²) in [6, 6.07) is 7.23. The lowest BCUT2D eigenvalue weighted by molar-refractivity contribution is -0.115. The topological polar surface area (TPSA) is 67.4 Å². The van der Waals surface area contributed by atoms with Crippen LogP contribution in [-0.4, -0.2) is 24.1 Å². The van der Waals surface area contributed by atoms with Gasteiger partial charge in [0, 0.05) is 4.47 Å². The summed E-state index contributed by atoms with van der Waals surface area (Å²) in [4.78, 5) is 23.0. The molecule has 0 spiro atoms. The SMILES string of the molecule is CC(C)(C)OC(=O)NCC(=O)Nc1ccccc1Br. The molecule has 0 aliphatic heterocycles. The number of benzene rings is 1. The van der Waals surface area contributed by atoms with Crippen molar-refractivity contribution in [2.24, 2.45) is 0 Å². The van der Waals surface area contributed by atoms with Crippen molar-refractivity contribution in [3.63, 3.8) is 0 Å². The van der Waals surface area contributed by atoms with Crippen molar-refractivity contribution in [2.75, 3.05) is 11.9 Å². The summed E-state index contributed by atoms with van der Waals surface area (Å²) < 4.78 is 5.80. The molecule has 6 heteroatoms. The molecule has 5 nitrogen and oxygen atoms in total. The second-order valence-corrected chi connectivity index (χ2v) is 5.74. The number of ether oxygens (including phenoxy) is 1. The number of carbonyl (C=O) groups is 2. The maximum absolute atomic E-state index is 11.6. The summed E-state index contributed by atoms with van der Waals surface area (Å²) in [7, 11) is 0. The van der Waals surface area contributed by atoms with Gasteiger partial charge in [-0.25, -0.2) is 4.79 Å². The predicted octanol–water partition coefficient (Wildman–Crippen LogP) is 2.91. The Morgan fingerprint density at radius 2 is 1.89 bits per heavy atom. The second-order valence-electron chi connectivity index (χ2n) is 4.88. The number of nitrogens with one attached hydrogen (secondary N) is 2. The maximum atomic E-state index is 11.6. The molecule has 0 saturated heterocycles.